The van der Waals surface area contributed by atoms with Crippen molar-refractivity contribution in [1.29, 1.82) is 0 Å². The fourth-order valence-electron chi connectivity index (χ4n) is 1.08. The van der Waals surface area contributed by atoms with Crippen molar-refractivity contribution < 1.29 is 13.5 Å². The summed E-state index contributed by atoms with van der Waals surface area (Å²) in [4.78, 5) is 8.13. The standard InChI is InChI=1S/C7H6N2O3S2/c1-12-7-6-5(8-3-9-7)4(2-13-6)14(10)11/h2-3H,1H3,(H,10,11). The Bertz CT molecular complexity index is 497. The van der Waals surface area contributed by atoms with Gasteiger partial charge in [-0.15, -0.1) is 11.3 Å². The lowest BCUT2D eigenvalue weighted by Gasteiger charge is -1.98. The molecule has 2 aromatic heterocycles. The molecule has 0 aliphatic carbocycles. The van der Waals surface area contributed by atoms with Gasteiger partial charge in [0.05, 0.1) is 7.11 Å². The van der Waals surface area contributed by atoms with Crippen LogP contribution < -0.4 is 4.74 Å². The van der Waals surface area contributed by atoms with Crippen LogP contribution in [-0.2, 0) is 11.1 Å². The number of nitrogens with zero attached hydrogens (tertiary/aromatic N) is 2. The zero-order chi connectivity index (χ0) is 10.1. The second-order valence-electron chi connectivity index (χ2n) is 2.41. The van der Waals surface area contributed by atoms with Crippen LogP contribution in [-0.4, -0.2) is 25.8 Å². The molecule has 0 amide bonds. The van der Waals surface area contributed by atoms with E-state index in [9.17, 15) is 4.21 Å². The molecule has 1 unspecified atom stereocenters. The van der Waals surface area contributed by atoms with E-state index in [4.69, 9.17) is 9.29 Å². The van der Waals surface area contributed by atoms with Crippen LogP contribution in [0.4, 0.5) is 0 Å². The molecular weight excluding hydrogens is 224 g/mol. The number of fused-ring (bicyclic) bond motifs is 1. The minimum absolute atomic E-state index is 0.297. The van der Waals surface area contributed by atoms with Crippen molar-refractivity contribution in [3.63, 3.8) is 0 Å². The number of hydrogen-bond donors (Lipinski definition) is 1. The lowest BCUT2D eigenvalue weighted by Crippen LogP contribution is -1.91. The van der Waals surface area contributed by atoms with Crippen molar-refractivity contribution in [2.24, 2.45) is 0 Å². The summed E-state index contributed by atoms with van der Waals surface area (Å²) in [5, 5.41) is 1.58. The molecule has 0 saturated heterocycles. The van der Waals surface area contributed by atoms with E-state index in [1.54, 1.807) is 5.38 Å². The van der Waals surface area contributed by atoms with Crippen molar-refractivity contribution in [3.8, 4) is 5.88 Å². The number of hydrogen-bond acceptors (Lipinski definition) is 5. The first-order chi connectivity index (χ1) is 6.74. The molecule has 1 atom stereocenters. The van der Waals surface area contributed by atoms with Crippen LogP contribution in [0.2, 0.25) is 0 Å². The highest BCUT2D eigenvalue weighted by atomic mass is 32.2. The minimum Gasteiger partial charge on any atom is -0.480 e. The molecule has 7 heteroatoms. The zero-order valence-electron chi connectivity index (χ0n) is 7.13. The predicted octanol–water partition coefficient (Wildman–Crippen LogP) is 1.28. The molecule has 1 N–H and O–H groups in total. The molecule has 74 valence electrons. The molecular formula is C7H6N2O3S2. The van der Waals surface area contributed by atoms with Crippen LogP contribution in [0, 0.1) is 0 Å². The summed E-state index contributed by atoms with van der Waals surface area (Å²) in [6.45, 7) is 0. The second kappa shape index (κ2) is 3.60. The first kappa shape index (κ1) is 9.50. The van der Waals surface area contributed by atoms with E-state index in [0.29, 0.717) is 21.0 Å². The molecule has 0 fully saturated rings. The number of rotatable bonds is 2. The highest BCUT2D eigenvalue weighted by molar-refractivity contribution is 7.79. The van der Waals surface area contributed by atoms with Gasteiger partial charge in [-0.25, -0.2) is 14.2 Å². The maximum Gasteiger partial charge on any atom is 0.234 e. The average molecular weight is 230 g/mol. The Morgan fingerprint density at radius 1 is 1.57 bits per heavy atom. The first-order valence-electron chi connectivity index (χ1n) is 3.61. The molecule has 0 saturated carbocycles. The Morgan fingerprint density at radius 2 is 2.36 bits per heavy atom. The maximum absolute atomic E-state index is 10.9. The molecule has 2 aromatic rings. The van der Waals surface area contributed by atoms with Gasteiger partial charge in [0.15, 0.2) is 11.1 Å². The maximum atomic E-state index is 10.9. The smallest absolute Gasteiger partial charge is 0.234 e. The summed E-state index contributed by atoms with van der Waals surface area (Å²) in [6, 6.07) is 0. The molecule has 2 rings (SSSR count). The summed E-state index contributed by atoms with van der Waals surface area (Å²) < 4.78 is 25.5. The van der Waals surface area contributed by atoms with Crippen molar-refractivity contribution in [2.45, 2.75) is 4.90 Å². The van der Waals surface area contributed by atoms with E-state index in [-0.39, 0.29) is 0 Å². The SMILES string of the molecule is COc1ncnc2c(S(=O)O)csc12. The molecule has 14 heavy (non-hydrogen) atoms. The van der Waals surface area contributed by atoms with Gasteiger partial charge in [0.1, 0.15) is 21.4 Å². The average Bonchev–Trinajstić information content (AvgIpc) is 2.60. The summed E-state index contributed by atoms with van der Waals surface area (Å²) in [5.41, 5.74) is 0.475. The van der Waals surface area contributed by atoms with E-state index < -0.39 is 11.1 Å². The Morgan fingerprint density at radius 3 is 3.00 bits per heavy atom. The lowest BCUT2D eigenvalue weighted by atomic mass is 10.5. The largest absolute Gasteiger partial charge is 0.480 e. The van der Waals surface area contributed by atoms with Gasteiger partial charge in [0, 0.05) is 5.38 Å². The van der Waals surface area contributed by atoms with E-state index in [2.05, 4.69) is 9.97 Å². The quantitative estimate of drug-likeness (QED) is 0.787. The Labute approximate surface area is 86.0 Å². The van der Waals surface area contributed by atoms with Crippen molar-refractivity contribution >= 4 is 32.6 Å². The van der Waals surface area contributed by atoms with Crippen molar-refractivity contribution in [2.75, 3.05) is 7.11 Å². The van der Waals surface area contributed by atoms with Gasteiger partial charge in [0.2, 0.25) is 5.88 Å². The topological polar surface area (TPSA) is 72.3 Å². The van der Waals surface area contributed by atoms with Crippen LogP contribution in [0.5, 0.6) is 5.88 Å². The summed E-state index contributed by atoms with van der Waals surface area (Å²) in [7, 11) is 1.50. The molecule has 2 heterocycles. The van der Waals surface area contributed by atoms with E-state index in [1.165, 1.54) is 24.8 Å². The monoisotopic (exact) mass is 230 g/mol. The van der Waals surface area contributed by atoms with Gasteiger partial charge in [-0.1, -0.05) is 0 Å². The zero-order valence-corrected chi connectivity index (χ0v) is 8.76. The fraction of sp³-hybridized carbons (Fsp3) is 0.143. The molecule has 0 radical (unpaired) electrons. The molecule has 5 nitrogen and oxygen atoms in total. The summed E-state index contributed by atoms with van der Waals surface area (Å²) in [5.74, 6) is 0.428. The fourth-order valence-corrected chi connectivity index (χ4v) is 2.78. The van der Waals surface area contributed by atoms with Gasteiger partial charge >= 0.3 is 0 Å². The lowest BCUT2D eigenvalue weighted by molar-refractivity contribution is 0.403. The molecule has 0 aromatic carbocycles. The second-order valence-corrected chi connectivity index (χ2v) is 4.23. The van der Waals surface area contributed by atoms with Crippen molar-refractivity contribution in [1.82, 2.24) is 9.97 Å². The number of aromatic nitrogens is 2. The van der Waals surface area contributed by atoms with Gasteiger partial charge in [-0.3, -0.25) is 0 Å². The molecule has 0 aliphatic rings. The van der Waals surface area contributed by atoms with Gasteiger partial charge in [-0.2, -0.15) is 0 Å². The minimum atomic E-state index is -2.02. The number of ether oxygens (including phenoxy) is 1. The normalized spacial score (nSPS) is 13.0. The van der Waals surface area contributed by atoms with Crippen molar-refractivity contribution in [3.05, 3.63) is 11.7 Å². The van der Waals surface area contributed by atoms with E-state index in [1.807, 2.05) is 0 Å². The summed E-state index contributed by atoms with van der Waals surface area (Å²) in [6.07, 6.45) is 1.31. The third kappa shape index (κ3) is 1.39. The first-order valence-corrected chi connectivity index (χ1v) is 5.59. The highest BCUT2D eigenvalue weighted by Gasteiger charge is 2.13. The highest BCUT2D eigenvalue weighted by Crippen LogP contribution is 2.31. The number of methoxy groups -OCH3 is 1. The summed E-state index contributed by atoms with van der Waals surface area (Å²) >= 11 is -0.728. The van der Waals surface area contributed by atoms with Gasteiger partial charge in [0.25, 0.3) is 0 Å². The van der Waals surface area contributed by atoms with Gasteiger partial charge in [-0.05, 0) is 0 Å². The van der Waals surface area contributed by atoms with Crippen LogP contribution >= 0.6 is 11.3 Å². The number of thiophene rings is 1. The van der Waals surface area contributed by atoms with Crippen LogP contribution in [0.25, 0.3) is 10.2 Å². The van der Waals surface area contributed by atoms with E-state index >= 15 is 0 Å². The Kier molecular flexibility index (Phi) is 2.44. The molecule has 0 bridgehead atoms. The van der Waals surface area contributed by atoms with Crippen LogP contribution in [0.15, 0.2) is 16.6 Å². The Hall–Kier alpha value is -1.05. The molecule has 0 aliphatic heterocycles. The predicted molar refractivity (Wildman–Crippen MR) is 53.0 cm³/mol. The van der Waals surface area contributed by atoms with Crippen LogP contribution in [0.3, 0.4) is 0 Å². The van der Waals surface area contributed by atoms with Crippen LogP contribution in [0.1, 0.15) is 0 Å². The Balaban J connectivity index is 2.75. The van der Waals surface area contributed by atoms with E-state index in [0.717, 1.165) is 0 Å². The third-order valence-corrected chi connectivity index (χ3v) is 3.46. The van der Waals surface area contributed by atoms with Gasteiger partial charge < -0.3 is 9.29 Å². The third-order valence-electron chi connectivity index (χ3n) is 1.67. The molecule has 0 spiro atoms.